The number of pyridine rings is 1. The molecule has 4 nitrogen and oxygen atoms in total. The zero-order chi connectivity index (χ0) is 19.4. The average molecular weight is 383 g/mol. The molecule has 0 aliphatic carbocycles. The van der Waals surface area contributed by atoms with Crippen molar-refractivity contribution in [3.8, 4) is 0 Å². The highest BCUT2D eigenvalue weighted by Gasteiger charge is 2.14. The molecule has 2 N–H and O–H groups in total. The molecule has 0 saturated carbocycles. The molecular weight excluding hydrogens is 361 g/mol. The fourth-order valence-corrected chi connectivity index (χ4v) is 3.24. The number of nitrogens with one attached hydrogen (secondary N) is 2. The number of aryl methyl sites for hydroxylation is 1. The minimum absolute atomic E-state index is 0.130. The Bertz CT molecular complexity index is 1010. The van der Waals surface area contributed by atoms with Gasteiger partial charge in [0.2, 0.25) is 0 Å². The van der Waals surface area contributed by atoms with Gasteiger partial charge in [-0.2, -0.15) is 0 Å². The highest BCUT2D eigenvalue weighted by molar-refractivity contribution is 7.80. The molecule has 0 unspecified atom stereocenters. The molecule has 0 aliphatic heterocycles. The van der Waals surface area contributed by atoms with Crippen molar-refractivity contribution >= 4 is 28.2 Å². The minimum Gasteiger partial charge on any atom is -0.363 e. The van der Waals surface area contributed by atoms with E-state index in [1.54, 1.807) is 12.1 Å². The molecule has 3 rings (SSSR count). The van der Waals surface area contributed by atoms with E-state index in [1.165, 1.54) is 12.1 Å². The van der Waals surface area contributed by atoms with E-state index in [0.717, 1.165) is 22.0 Å². The highest BCUT2D eigenvalue weighted by atomic mass is 32.1. The summed E-state index contributed by atoms with van der Waals surface area (Å²) in [5, 5.41) is 4.68. The lowest BCUT2D eigenvalue weighted by atomic mass is 10.1. The first-order valence-electron chi connectivity index (χ1n) is 8.86. The molecule has 1 aromatic heterocycles. The second kappa shape index (κ2) is 8.31. The third kappa shape index (κ3) is 4.71. The van der Waals surface area contributed by atoms with E-state index >= 15 is 0 Å². The van der Waals surface area contributed by atoms with Gasteiger partial charge >= 0.3 is 0 Å². The van der Waals surface area contributed by atoms with Crippen molar-refractivity contribution in [1.29, 1.82) is 0 Å². The predicted octanol–water partition coefficient (Wildman–Crippen LogP) is 3.87. The topological polar surface area (TPSA) is 48.1 Å². The first-order chi connectivity index (χ1) is 13.0. The van der Waals surface area contributed by atoms with Gasteiger partial charge in [-0.1, -0.05) is 23.8 Å². The van der Waals surface area contributed by atoms with Gasteiger partial charge in [-0.3, -0.25) is 4.79 Å². The van der Waals surface area contributed by atoms with E-state index in [1.807, 2.05) is 43.0 Å². The van der Waals surface area contributed by atoms with Gasteiger partial charge < -0.3 is 15.2 Å². The van der Waals surface area contributed by atoms with Crippen molar-refractivity contribution in [3.63, 3.8) is 0 Å². The molecule has 6 heteroatoms. The highest BCUT2D eigenvalue weighted by Crippen LogP contribution is 2.15. The molecule has 2 aromatic carbocycles. The zero-order valence-corrected chi connectivity index (χ0v) is 16.2. The third-order valence-electron chi connectivity index (χ3n) is 4.34. The summed E-state index contributed by atoms with van der Waals surface area (Å²) >= 11 is 5.49. The van der Waals surface area contributed by atoms with Crippen LogP contribution in [0.4, 0.5) is 4.39 Å². The summed E-state index contributed by atoms with van der Waals surface area (Å²) in [6.07, 6.45) is 0. The quantitative estimate of drug-likeness (QED) is 0.657. The van der Waals surface area contributed by atoms with Gasteiger partial charge in [0.25, 0.3) is 5.56 Å². The molecule has 0 bridgehead atoms. The first kappa shape index (κ1) is 19.0. The van der Waals surface area contributed by atoms with Crippen LogP contribution in [0.2, 0.25) is 0 Å². The molecule has 0 amide bonds. The van der Waals surface area contributed by atoms with Crippen LogP contribution in [0.3, 0.4) is 0 Å². The van der Waals surface area contributed by atoms with E-state index in [9.17, 15) is 9.18 Å². The van der Waals surface area contributed by atoms with Gasteiger partial charge in [0.1, 0.15) is 5.82 Å². The third-order valence-corrected chi connectivity index (χ3v) is 4.74. The molecule has 0 saturated heterocycles. The fraction of sp³-hybridized carbons (Fsp3) is 0.238. The van der Waals surface area contributed by atoms with Gasteiger partial charge in [0, 0.05) is 24.2 Å². The average Bonchev–Trinajstić information content (AvgIpc) is 2.64. The molecule has 27 heavy (non-hydrogen) atoms. The van der Waals surface area contributed by atoms with Crippen molar-refractivity contribution in [2.24, 2.45) is 0 Å². The van der Waals surface area contributed by atoms with Gasteiger partial charge in [0.05, 0.1) is 6.54 Å². The Balaban J connectivity index is 1.92. The lowest BCUT2D eigenvalue weighted by Gasteiger charge is -2.25. The Morgan fingerprint density at radius 1 is 1.15 bits per heavy atom. The molecule has 140 valence electrons. The van der Waals surface area contributed by atoms with Crippen LogP contribution < -0.4 is 10.9 Å². The van der Waals surface area contributed by atoms with Crippen LogP contribution in [0.25, 0.3) is 10.9 Å². The van der Waals surface area contributed by atoms with E-state index in [4.69, 9.17) is 12.2 Å². The molecule has 1 heterocycles. The fourth-order valence-electron chi connectivity index (χ4n) is 2.97. The lowest BCUT2D eigenvalue weighted by Crippen LogP contribution is -2.39. The molecular formula is C21H22FN3OS. The summed E-state index contributed by atoms with van der Waals surface area (Å²) in [6.45, 7) is 5.52. The van der Waals surface area contributed by atoms with E-state index < -0.39 is 0 Å². The number of halogens is 1. The molecule has 0 aliphatic rings. The number of aromatic nitrogens is 1. The monoisotopic (exact) mass is 383 g/mol. The van der Waals surface area contributed by atoms with Crippen LogP contribution in [0.15, 0.2) is 53.3 Å². The summed E-state index contributed by atoms with van der Waals surface area (Å²) in [5.41, 5.74) is 3.37. The molecule has 3 aromatic rings. The van der Waals surface area contributed by atoms with E-state index in [-0.39, 0.29) is 11.4 Å². The number of hydrogen-bond acceptors (Lipinski definition) is 2. The first-order valence-corrected chi connectivity index (χ1v) is 9.27. The van der Waals surface area contributed by atoms with Gasteiger partial charge in [-0.25, -0.2) is 4.39 Å². The number of thiocarbonyl (C=S) groups is 1. The number of hydrogen-bond donors (Lipinski definition) is 2. The van der Waals surface area contributed by atoms with Crippen molar-refractivity contribution in [1.82, 2.24) is 15.2 Å². The molecule has 0 atom stereocenters. The minimum atomic E-state index is -0.277. The lowest BCUT2D eigenvalue weighted by molar-refractivity contribution is 0.398. The predicted molar refractivity (Wildman–Crippen MR) is 111 cm³/mol. The van der Waals surface area contributed by atoms with Crippen molar-refractivity contribution < 1.29 is 4.39 Å². The van der Waals surface area contributed by atoms with Crippen molar-refractivity contribution in [2.45, 2.75) is 26.9 Å². The maximum Gasteiger partial charge on any atom is 0.253 e. The number of nitrogens with zero attached hydrogens (tertiary/aromatic N) is 1. The Labute approximate surface area is 163 Å². The van der Waals surface area contributed by atoms with Crippen LogP contribution >= 0.6 is 12.2 Å². The van der Waals surface area contributed by atoms with E-state index in [0.29, 0.717) is 30.3 Å². The van der Waals surface area contributed by atoms with E-state index in [2.05, 4.69) is 10.3 Å². The van der Waals surface area contributed by atoms with Crippen LogP contribution in [0.1, 0.15) is 23.6 Å². The zero-order valence-electron chi connectivity index (χ0n) is 15.4. The summed E-state index contributed by atoms with van der Waals surface area (Å²) < 4.78 is 13.2. The van der Waals surface area contributed by atoms with Crippen molar-refractivity contribution in [2.75, 3.05) is 6.54 Å². The van der Waals surface area contributed by atoms with Gasteiger partial charge in [-0.05, 0) is 67.3 Å². The second-order valence-electron chi connectivity index (χ2n) is 6.53. The largest absolute Gasteiger partial charge is 0.363 e. The van der Waals surface area contributed by atoms with Crippen LogP contribution in [0.5, 0.6) is 0 Å². The number of H-pyrrole nitrogens is 1. The maximum atomic E-state index is 13.2. The molecule has 0 radical (unpaired) electrons. The second-order valence-corrected chi connectivity index (χ2v) is 6.92. The number of fused-ring (bicyclic) bond motifs is 1. The standard InChI is InChI=1S/C21H22FN3OS/c1-3-23-21(27)25(12-15-5-7-18(22)8-6-15)13-17-11-16-10-14(2)4-9-19(16)24-20(17)26/h4-11H,3,12-13H2,1-2H3,(H,23,27)(H,24,26). The number of aromatic amines is 1. The normalized spacial score (nSPS) is 10.8. The number of benzene rings is 2. The van der Waals surface area contributed by atoms with Crippen LogP contribution in [-0.4, -0.2) is 21.5 Å². The van der Waals surface area contributed by atoms with Crippen LogP contribution in [-0.2, 0) is 13.1 Å². The summed E-state index contributed by atoms with van der Waals surface area (Å²) in [6, 6.07) is 14.1. The Hall–Kier alpha value is -2.73. The Morgan fingerprint density at radius 3 is 2.59 bits per heavy atom. The SMILES string of the molecule is CCNC(=S)N(Cc1ccc(F)cc1)Cc1cc2cc(C)ccc2[nH]c1=O. The Morgan fingerprint density at radius 2 is 1.89 bits per heavy atom. The summed E-state index contributed by atoms with van der Waals surface area (Å²) in [5.74, 6) is -0.277. The van der Waals surface area contributed by atoms with Gasteiger partial charge in [-0.15, -0.1) is 0 Å². The number of rotatable bonds is 5. The smallest absolute Gasteiger partial charge is 0.253 e. The van der Waals surface area contributed by atoms with Crippen LogP contribution in [0, 0.1) is 12.7 Å². The molecule has 0 fully saturated rings. The van der Waals surface area contributed by atoms with Crippen molar-refractivity contribution in [3.05, 3.63) is 81.4 Å². The molecule has 0 spiro atoms. The Kier molecular flexibility index (Phi) is 5.86. The summed E-state index contributed by atoms with van der Waals surface area (Å²) in [4.78, 5) is 17.4. The maximum absolute atomic E-state index is 13.2. The van der Waals surface area contributed by atoms with Gasteiger partial charge in [0.15, 0.2) is 5.11 Å². The summed E-state index contributed by atoms with van der Waals surface area (Å²) in [7, 11) is 0.